The molecule has 1 N–H and O–H groups in total. The predicted molar refractivity (Wildman–Crippen MR) is 69.1 cm³/mol. The molecule has 1 aliphatic rings. The molecule has 3 heteroatoms. The van der Waals surface area contributed by atoms with Gasteiger partial charge >= 0.3 is 0 Å². The van der Waals surface area contributed by atoms with E-state index in [1.54, 1.807) is 0 Å². The Balaban J connectivity index is 2.10. The van der Waals surface area contributed by atoms with Gasteiger partial charge in [-0.3, -0.25) is 4.79 Å². The van der Waals surface area contributed by atoms with Gasteiger partial charge in [-0.25, -0.2) is 0 Å². The summed E-state index contributed by atoms with van der Waals surface area (Å²) in [6, 6.07) is 7.85. The van der Waals surface area contributed by atoms with Gasteiger partial charge in [0, 0.05) is 25.2 Å². The topological polar surface area (TPSA) is 32.3 Å². The van der Waals surface area contributed by atoms with Crippen LogP contribution in [0.4, 0.5) is 0 Å². The molecule has 0 saturated carbocycles. The molecule has 0 atom stereocenters. The molecule has 17 heavy (non-hydrogen) atoms. The number of carbonyl (C=O) groups is 1. The molecule has 1 aromatic carbocycles. The number of hydrogen-bond donors (Lipinski definition) is 1. The maximum atomic E-state index is 12.2. The third-order valence-corrected chi connectivity index (χ3v) is 3.03. The molecule has 1 heterocycles. The highest BCUT2D eigenvalue weighted by atomic mass is 16.2. The zero-order valence-corrected chi connectivity index (χ0v) is 10.2. The number of carbonyl (C=O) groups excluding carboxylic acids is 1. The van der Waals surface area contributed by atoms with Crippen LogP contribution in [0, 0.1) is 0 Å². The summed E-state index contributed by atoms with van der Waals surface area (Å²) in [6.45, 7) is 6.17. The Kier molecular flexibility index (Phi) is 3.59. The molecule has 0 bridgehead atoms. The Labute approximate surface area is 102 Å². The summed E-state index contributed by atoms with van der Waals surface area (Å²) >= 11 is 0. The summed E-state index contributed by atoms with van der Waals surface area (Å²) in [6.07, 6.45) is 0.939. The van der Waals surface area contributed by atoms with Crippen LogP contribution in [0.3, 0.4) is 0 Å². The van der Waals surface area contributed by atoms with Crippen molar-refractivity contribution in [2.75, 3.05) is 26.7 Å². The second-order valence-corrected chi connectivity index (χ2v) is 4.41. The Morgan fingerprint density at radius 3 is 3.00 bits per heavy atom. The first kappa shape index (κ1) is 11.9. The van der Waals surface area contributed by atoms with Gasteiger partial charge in [-0.2, -0.15) is 0 Å². The number of rotatable bonds is 4. The fourth-order valence-electron chi connectivity index (χ4n) is 2.20. The molecular formula is C14H18N2O. The zero-order valence-electron chi connectivity index (χ0n) is 10.2. The first-order valence-corrected chi connectivity index (χ1v) is 5.91. The molecule has 1 aromatic rings. The quantitative estimate of drug-likeness (QED) is 0.794. The molecule has 0 fully saturated rings. The van der Waals surface area contributed by atoms with Crippen LogP contribution in [-0.2, 0) is 6.42 Å². The fourth-order valence-corrected chi connectivity index (χ4v) is 2.20. The lowest BCUT2D eigenvalue weighted by molar-refractivity contribution is 0.0754. The Morgan fingerprint density at radius 2 is 2.24 bits per heavy atom. The van der Waals surface area contributed by atoms with E-state index in [4.69, 9.17) is 0 Å². The van der Waals surface area contributed by atoms with E-state index in [1.165, 1.54) is 0 Å². The first-order chi connectivity index (χ1) is 8.22. The maximum absolute atomic E-state index is 12.2. The lowest BCUT2D eigenvalue weighted by Crippen LogP contribution is -2.39. The molecule has 0 radical (unpaired) electrons. The SMILES string of the molecule is C=C(CNC)CN1CCc2ccccc2C1=O. The van der Waals surface area contributed by atoms with Gasteiger partial charge in [0.15, 0.2) is 0 Å². The fraction of sp³-hybridized carbons (Fsp3) is 0.357. The van der Waals surface area contributed by atoms with Gasteiger partial charge in [-0.15, -0.1) is 0 Å². The van der Waals surface area contributed by atoms with Gasteiger partial charge in [0.25, 0.3) is 5.91 Å². The average Bonchev–Trinajstić information content (AvgIpc) is 2.33. The van der Waals surface area contributed by atoms with Crippen molar-refractivity contribution in [2.24, 2.45) is 0 Å². The third-order valence-electron chi connectivity index (χ3n) is 3.03. The van der Waals surface area contributed by atoms with E-state index in [0.29, 0.717) is 6.54 Å². The van der Waals surface area contributed by atoms with Crippen molar-refractivity contribution in [2.45, 2.75) is 6.42 Å². The van der Waals surface area contributed by atoms with Crippen molar-refractivity contribution < 1.29 is 4.79 Å². The van der Waals surface area contributed by atoms with E-state index >= 15 is 0 Å². The van der Waals surface area contributed by atoms with Crippen LogP contribution < -0.4 is 5.32 Å². The minimum Gasteiger partial charge on any atom is -0.334 e. The highest BCUT2D eigenvalue weighted by molar-refractivity contribution is 5.96. The molecule has 1 aliphatic heterocycles. The standard InChI is InChI=1S/C14H18N2O/c1-11(9-15-2)10-16-8-7-12-5-3-4-6-13(12)14(16)17/h3-6,15H,1,7-10H2,2H3. The molecule has 0 unspecified atom stereocenters. The lowest BCUT2D eigenvalue weighted by atomic mass is 9.99. The van der Waals surface area contributed by atoms with E-state index in [9.17, 15) is 4.79 Å². The summed E-state index contributed by atoms with van der Waals surface area (Å²) in [5, 5.41) is 3.05. The summed E-state index contributed by atoms with van der Waals surface area (Å²) in [5.74, 6) is 0.129. The number of hydrogen-bond acceptors (Lipinski definition) is 2. The largest absolute Gasteiger partial charge is 0.334 e. The minimum atomic E-state index is 0.129. The van der Waals surface area contributed by atoms with Crippen LogP contribution in [0.25, 0.3) is 0 Å². The summed E-state index contributed by atoms with van der Waals surface area (Å²) < 4.78 is 0. The number of fused-ring (bicyclic) bond motifs is 1. The van der Waals surface area contributed by atoms with Crippen LogP contribution >= 0.6 is 0 Å². The van der Waals surface area contributed by atoms with E-state index in [2.05, 4.69) is 11.9 Å². The van der Waals surface area contributed by atoms with Crippen LogP contribution in [-0.4, -0.2) is 37.5 Å². The Morgan fingerprint density at radius 1 is 1.47 bits per heavy atom. The van der Waals surface area contributed by atoms with Crippen LogP contribution in [0.5, 0.6) is 0 Å². The van der Waals surface area contributed by atoms with Crippen molar-refractivity contribution in [1.29, 1.82) is 0 Å². The lowest BCUT2D eigenvalue weighted by Gasteiger charge is -2.29. The number of nitrogens with one attached hydrogen (secondary N) is 1. The number of amides is 1. The molecule has 2 rings (SSSR count). The Bertz CT molecular complexity index is 440. The maximum Gasteiger partial charge on any atom is 0.254 e. The second-order valence-electron chi connectivity index (χ2n) is 4.41. The summed E-state index contributed by atoms with van der Waals surface area (Å²) in [4.78, 5) is 14.1. The highest BCUT2D eigenvalue weighted by Crippen LogP contribution is 2.18. The molecule has 1 amide bonds. The van der Waals surface area contributed by atoms with Gasteiger partial charge in [0.05, 0.1) is 0 Å². The van der Waals surface area contributed by atoms with Crippen LogP contribution in [0.2, 0.25) is 0 Å². The molecule has 0 spiro atoms. The van der Waals surface area contributed by atoms with Crippen LogP contribution in [0.15, 0.2) is 36.4 Å². The summed E-state index contributed by atoms with van der Waals surface area (Å²) in [5.41, 5.74) is 3.05. The zero-order chi connectivity index (χ0) is 12.3. The number of nitrogens with zero attached hydrogens (tertiary/aromatic N) is 1. The third kappa shape index (κ3) is 2.56. The number of benzene rings is 1. The van der Waals surface area contributed by atoms with Crippen molar-refractivity contribution in [1.82, 2.24) is 10.2 Å². The number of likely N-dealkylation sites (N-methyl/N-ethyl adjacent to an activating group) is 1. The van der Waals surface area contributed by atoms with Gasteiger partial charge in [0.1, 0.15) is 0 Å². The van der Waals surface area contributed by atoms with Gasteiger partial charge in [0.2, 0.25) is 0 Å². The van der Waals surface area contributed by atoms with Crippen molar-refractivity contribution in [3.05, 3.63) is 47.5 Å². The molecular weight excluding hydrogens is 212 g/mol. The van der Waals surface area contributed by atoms with Gasteiger partial charge in [-0.1, -0.05) is 24.8 Å². The molecule has 3 nitrogen and oxygen atoms in total. The summed E-state index contributed by atoms with van der Waals surface area (Å²) in [7, 11) is 1.89. The van der Waals surface area contributed by atoms with E-state index in [-0.39, 0.29) is 5.91 Å². The molecule has 0 saturated heterocycles. The van der Waals surface area contributed by atoms with Crippen molar-refractivity contribution >= 4 is 5.91 Å². The normalized spacial score (nSPS) is 14.6. The van der Waals surface area contributed by atoms with Crippen molar-refractivity contribution in [3.63, 3.8) is 0 Å². The van der Waals surface area contributed by atoms with Gasteiger partial charge < -0.3 is 10.2 Å². The van der Waals surface area contributed by atoms with Crippen LogP contribution in [0.1, 0.15) is 15.9 Å². The Hall–Kier alpha value is -1.61. The molecule has 90 valence electrons. The first-order valence-electron chi connectivity index (χ1n) is 5.91. The van der Waals surface area contributed by atoms with Gasteiger partial charge in [-0.05, 0) is 30.7 Å². The van der Waals surface area contributed by atoms with E-state index < -0.39 is 0 Å². The predicted octanol–water partition coefficient (Wildman–Crippen LogP) is 1.46. The highest BCUT2D eigenvalue weighted by Gasteiger charge is 2.23. The monoisotopic (exact) mass is 230 g/mol. The minimum absolute atomic E-state index is 0.129. The van der Waals surface area contributed by atoms with Crippen molar-refractivity contribution in [3.8, 4) is 0 Å². The second kappa shape index (κ2) is 5.15. The molecule has 0 aliphatic carbocycles. The molecule has 0 aromatic heterocycles. The van der Waals surface area contributed by atoms with E-state index in [0.717, 1.165) is 36.2 Å². The average molecular weight is 230 g/mol. The van der Waals surface area contributed by atoms with E-state index in [1.807, 2.05) is 36.2 Å². The smallest absolute Gasteiger partial charge is 0.254 e.